The highest BCUT2D eigenvalue weighted by atomic mass is 16.2. The van der Waals surface area contributed by atoms with E-state index in [1.807, 2.05) is 38.1 Å². The van der Waals surface area contributed by atoms with Crippen molar-refractivity contribution in [1.29, 1.82) is 0 Å². The molecule has 0 heterocycles. The number of hydrogen-bond donors (Lipinski definition) is 2. The van der Waals surface area contributed by atoms with Crippen molar-refractivity contribution in [2.24, 2.45) is 17.8 Å². The molecule has 0 unspecified atom stereocenters. The Morgan fingerprint density at radius 2 is 1.54 bits per heavy atom. The summed E-state index contributed by atoms with van der Waals surface area (Å²) in [5.74, 6) is 1.13. The van der Waals surface area contributed by atoms with E-state index in [-0.39, 0.29) is 23.7 Å². The van der Waals surface area contributed by atoms with Crippen LogP contribution >= 0.6 is 0 Å². The Morgan fingerprint density at radius 1 is 0.962 bits per heavy atom. The molecule has 0 aliphatic heterocycles. The maximum absolute atomic E-state index is 12.7. The van der Waals surface area contributed by atoms with E-state index in [4.69, 9.17) is 0 Å². The van der Waals surface area contributed by atoms with Gasteiger partial charge in [0.05, 0.1) is 0 Å². The zero-order valence-electron chi connectivity index (χ0n) is 16.8. The first-order valence-corrected chi connectivity index (χ1v) is 9.99. The topological polar surface area (TPSA) is 58.2 Å². The fraction of sp³-hybridized carbons (Fsp3) is 0.636. The molecule has 144 valence electrons. The summed E-state index contributed by atoms with van der Waals surface area (Å²) in [6.45, 7) is 10.5. The maximum Gasteiger partial charge on any atom is 0.247 e. The van der Waals surface area contributed by atoms with Crippen LogP contribution in [0.1, 0.15) is 71.8 Å². The fourth-order valence-corrected chi connectivity index (χ4v) is 3.50. The summed E-state index contributed by atoms with van der Waals surface area (Å²) in [5, 5.41) is 5.95. The highest BCUT2D eigenvalue weighted by Gasteiger charge is 2.29. The fourth-order valence-electron chi connectivity index (χ4n) is 3.50. The van der Waals surface area contributed by atoms with Gasteiger partial charge in [-0.25, -0.2) is 0 Å². The lowest BCUT2D eigenvalue weighted by Crippen LogP contribution is -2.49. The molecule has 0 aromatic heterocycles. The second kappa shape index (κ2) is 9.20. The minimum atomic E-state index is -0.508. The van der Waals surface area contributed by atoms with Gasteiger partial charge in [0.25, 0.3) is 0 Å². The Bertz CT molecular complexity index is 599. The van der Waals surface area contributed by atoms with Gasteiger partial charge in [-0.3, -0.25) is 9.59 Å². The minimum Gasteiger partial charge on any atom is -0.344 e. The number of rotatable bonds is 6. The van der Waals surface area contributed by atoms with Crippen LogP contribution in [0.3, 0.4) is 0 Å². The van der Waals surface area contributed by atoms with E-state index in [9.17, 15) is 9.59 Å². The molecule has 0 saturated heterocycles. The number of nitrogens with one attached hydrogen (secondary N) is 2. The molecule has 4 nitrogen and oxygen atoms in total. The number of benzene rings is 1. The van der Waals surface area contributed by atoms with Crippen molar-refractivity contribution in [2.75, 3.05) is 5.32 Å². The molecule has 0 spiro atoms. The summed E-state index contributed by atoms with van der Waals surface area (Å²) in [6.07, 6.45) is 4.05. The van der Waals surface area contributed by atoms with Gasteiger partial charge in [0.15, 0.2) is 0 Å². The van der Waals surface area contributed by atoms with Gasteiger partial charge in [-0.1, -0.05) is 46.8 Å². The molecule has 1 saturated carbocycles. The van der Waals surface area contributed by atoms with E-state index < -0.39 is 6.04 Å². The zero-order valence-corrected chi connectivity index (χ0v) is 16.8. The second-order valence-electron chi connectivity index (χ2n) is 8.45. The lowest BCUT2D eigenvalue weighted by atomic mass is 9.82. The van der Waals surface area contributed by atoms with Gasteiger partial charge < -0.3 is 10.6 Å². The van der Waals surface area contributed by atoms with Crippen LogP contribution in [-0.2, 0) is 9.59 Å². The third-order valence-corrected chi connectivity index (χ3v) is 5.48. The molecule has 1 aliphatic rings. The van der Waals surface area contributed by atoms with Gasteiger partial charge >= 0.3 is 0 Å². The summed E-state index contributed by atoms with van der Waals surface area (Å²) < 4.78 is 0. The van der Waals surface area contributed by atoms with Gasteiger partial charge in [0.1, 0.15) is 6.04 Å². The highest BCUT2D eigenvalue weighted by Crippen LogP contribution is 2.28. The summed E-state index contributed by atoms with van der Waals surface area (Å²) in [4.78, 5) is 25.3. The molecular formula is C22H34N2O2. The Hall–Kier alpha value is -1.84. The van der Waals surface area contributed by atoms with Crippen LogP contribution in [0.5, 0.6) is 0 Å². The van der Waals surface area contributed by atoms with Gasteiger partial charge in [-0.05, 0) is 61.1 Å². The van der Waals surface area contributed by atoms with Crippen LogP contribution in [-0.4, -0.2) is 17.9 Å². The Morgan fingerprint density at radius 3 is 2.04 bits per heavy atom. The molecule has 1 fully saturated rings. The van der Waals surface area contributed by atoms with Crippen LogP contribution in [0.2, 0.25) is 0 Å². The smallest absolute Gasteiger partial charge is 0.247 e. The quantitative estimate of drug-likeness (QED) is 0.773. The summed E-state index contributed by atoms with van der Waals surface area (Å²) in [6, 6.07) is 7.41. The zero-order chi connectivity index (χ0) is 19.3. The third-order valence-electron chi connectivity index (χ3n) is 5.48. The van der Waals surface area contributed by atoms with Gasteiger partial charge in [-0.15, -0.1) is 0 Å². The van der Waals surface area contributed by atoms with Crippen molar-refractivity contribution in [3.8, 4) is 0 Å². The maximum atomic E-state index is 12.7. The Balaban J connectivity index is 1.97. The van der Waals surface area contributed by atoms with Crippen LogP contribution in [0.15, 0.2) is 24.3 Å². The first kappa shape index (κ1) is 20.5. The van der Waals surface area contributed by atoms with E-state index in [0.717, 1.165) is 31.4 Å². The molecular weight excluding hydrogens is 324 g/mol. The molecule has 1 aromatic rings. The first-order chi connectivity index (χ1) is 12.3. The van der Waals surface area contributed by atoms with E-state index in [2.05, 4.69) is 31.4 Å². The Kier molecular flexibility index (Phi) is 7.24. The van der Waals surface area contributed by atoms with E-state index in [0.29, 0.717) is 11.8 Å². The summed E-state index contributed by atoms with van der Waals surface area (Å²) in [7, 11) is 0. The molecule has 0 bridgehead atoms. The first-order valence-electron chi connectivity index (χ1n) is 9.99. The Labute approximate surface area is 158 Å². The van der Waals surface area contributed by atoms with Crippen molar-refractivity contribution in [2.45, 2.75) is 72.3 Å². The molecule has 1 aliphatic carbocycles. The number of hydrogen-bond acceptors (Lipinski definition) is 2. The van der Waals surface area contributed by atoms with Crippen molar-refractivity contribution in [3.05, 3.63) is 29.8 Å². The van der Waals surface area contributed by atoms with Crippen molar-refractivity contribution < 1.29 is 9.59 Å². The normalized spacial score (nSPS) is 21.5. The van der Waals surface area contributed by atoms with Crippen LogP contribution in [0, 0.1) is 17.8 Å². The molecule has 1 atom stereocenters. The predicted molar refractivity (Wildman–Crippen MR) is 107 cm³/mol. The molecule has 2 amide bonds. The molecule has 1 aromatic carbocycles. The van der Waals surface area contributed by atoms with Gasteiger partial charge in [0, 0.05) is 11.6 Å². The summed E-state index contributed by atoms with van der Waals surface area (Å²) in [5.41, 5.74) is 2.01. The number of carbonyl (C=O) groups is 2. The monoisotopic (exact) mass is 358 g/mol. The number of amides is 2. The lowest BCUT2D eigenvalue weighted by molar-refractivity contribution is -0.131. The second-order valence-corrected chi connectivity index (χ2v) is 8.45. The largest absolute Gasteiger partial charge is 0.344 e. The average molecular weight is 359 g/mol. The van der Waals surface area contributed by atoms with E-state index >= 15 is 0 Å². The van der Waals surface area contributed by atoms with E-state index in [1.54, 1.807) is 0 Å². The molecule has 0 radical (unpaired) electrons. The standard InChI is InChI=1S/C22H34N2O2/c1-14(2)17-10-12-19(13-11-17)23-22(26)20(15(3)4)24-21(25)18-8-6-16(5)7-9-18/h10-16,18,20H,6-9H2,1-5H3,(H,23,26)(H,24,25)/t16?,18?,20-/m1/s1. The third kappa shape index (κ3) is 5.58. The number of carbonyl (C=O) groups excluding carboxylic acids is 2. The summed E-state index contributed by atoms with van der Waals surface area (Å²) >= 11 is 0. The molecule has 2 N–H and O–H groups in total. The van der Waals surface area contributed by atoms with Gasteiger partial charge in [-0.2, -0.15) is 0 Å². The van der Waals surface area contributed by atoms with Crippen molar-refractivity contribution in [3.63, 3.8) is 0 Å². The predicted octanol–water partition coefficient (Wildman–Crippen LogP) is 4.72. The van der Waals surface area contributed by atoms with Crippen molar-refractivity contribution in [1.82, 2.24) is 5.32 Å². The van der Waals surface area contributed by atoms with Gasteiger partial charge in [0.2, 0.25) is 11.8 Å². The molecule has 2 rings (SSSR count). The number of anilines is 1. The van der Waals surface area contributed by atoms with Crippen LogP contribution < -0.4 is 10.6 Å². The molecule has 26 heavy (non-hydrogen) atoms. The van der Waals surface area contributed by atoms with Crippen LogP contribution in [0.4, 0.5) is 5.69 Å². The SMILES string of the molecule is CC1CCC(C(=O)N[C@@H](C(=O)Nc2ccc(C(C)C)cc2)C(C)C)CC1. The van der Waals surface area contributed by atoms with Crippen molar-refractivity contribution >= 4 is 17.5 Å². The highest BCUT2D eigenvalue weighted by molar-refractivity contribution is 5.97. The minimum absolute atomic E-state index is 0.0286. The van der Waals surface area contributed by atoms with Crippen LogP contribution in [0.25, 0.3) is 0 Å². The van der Waals surface area contributed by atoms with E-state index in [1.165, 1.54) is 5.56 Å². The molecule has 4 heteroatoms. The average Bonchev–Trinajstić information content (AvgIpc) is 2.60. The lowest BCUT2D eigenvalue weighted by Gasteiger charge is -2.28.